The van der Waals surface area contributed by atoms with E-state index in [0.29, 0.717) is 17.5 Å². The number of benzene rings is 2. The number of aromatic hydroxyl groups is 1. The number of ketones is 1. The zero-order valence-electron chi connectivity index (χ0n) is 16.5. The Balaban J connectivity index is 1.85. The van der Waals surface area contributed by atoms with E-state index >= 15 is 0 Å². The van der Waals surface area contributed by atoms with Gasteiger partial charge < -0.3 is 29.6 Å². The predicted octanol–water partition coefficient (Wildman–Crippen LogP) is 1.92. The van der Waals surface area contributed by atoms with Crippen molar-refractivity contribution in [3.8, 4) is 17.2 Å². The van der Waals surface area contributed by atoms with Gasteiger partial charge in [-0.1, -0.05) is 12.1 Å². The Morgan fingerprint density at radius 3 is 2.48 bits per heavy atom. The van der Waals surface area contributed by atoms with Crippen molar-refractivity contribution in [3.05, 3.63) is 60.2 Å². The van der Waals surface area contributed by atoms with E-state index in [1.165, 1.54) is 31.2 Å². The van der Waals surface area contributed by atoms with Crippen LogP contribution in [-0.4, -0.2) is 52.4 Å². The molecule has 10 heteroatoms. The lowest BCUT2D eigenvalue weighted by Gasteiger charge is -2.16. The second kappa shape index (κ2) is 11.2. The van der Waals surface area contributed by atoms with Crippen molar-refractivity contribution in [2.75, 3.05) is 18.7 Å². The van der Waals surface area contributed by atoms with Gasteiger partial charge in [-0.2, -0.15) is 0 Å². The van der Waals surface area contributed by atoms with Crippen molar-refractivity contribution < 1.29 is 44.0 Å². The Morgan fingerprint density at radius 2 is 1.77 bits per heavy atom. The first-order valence-electron chi connectivity index (χ1n) is 9.00. The van der Waals surface area contributed by atoms with Crippen LogP contribution in [0.15, 0.2) is 54.6 Å². The number of nitrogens with one attached hydrogen (secondary N) is 1. The van der Waals surface area contributed by atoms with E-state index in [-0.39, 0.29) is 36.1 Å². The number of carbonyl (C=O) groups excluding carboxylic acids is 2. The highest BCUT2D eigenvalue weighted by molar-refractivity contribution is 5.99. The Morgan fingerprint density at radius 1 is 1.06 bits per heavy atom. The summed E-state index contributed by atoms with van der Waals surface area (Å²) in [6, 6.07) is 10.7. The third kappa shape index (κ3) is 7.71. The maximum atomic E-state index is 11.6. The normalized spacial score (nSPS) is 11.5. The molecule has 0 aliphatic heterocycles. The van der Waals surface area contributed by atoms with Crippen molar-refractivity contribution in [3.63, 3.8) is 0 Å². The average Bonchev–Trinajstić information content (AvgIpc) is 2.73. The van der Waals surface area contributed by atoms with E-state index in [9.17, 15) is 24.6 Å². The molecule has 2 aromatic carbocycles. The second-order valence-corrected chi connectivity index (χ2v) is 6.20. The van der Waals surface area contributed by atoms with Gasteiger partial charge in [-0.05, 0) is 31.2 Å². The summed E-state index contributed by atoms with van der Waals surface area (Å²) in [6.07, 6.45) is 0.344. The van der Waals surface area contributed by atoms with E-state index < -0.39 is 18.0 Å². The van der Waals surface area contributed by atoms with Crippen molar-refractivity contribution in [2.45, 2.75) is 13.0 Å². The number of aliphatic hydroxyl groups is 1. The molecule has 0 radical (unpaired) electrons. The molecule has 1 atom stereocenters. The van der Waals surface area contributed by atoms with Gasteiger partial charge in [0.2, 0.25) is 0 Å². The first-order chi connectivity index (χ1) is 14.8. The lowest BCUT2D eigenvalue weighted by atomic mass is 10.1. The molecule has 0 bridgehead atoms. The zero-order chi connectivity index (χ0) is 22.8. The topological polar surface area (TPSA) is 152 Å². The molecule has 10 nitrogen and oxygen atoms in total. The summed E-state index contributed by atoms with van der Waals surface area (Å²) in [6.45, 7) is 0.968. The number of carboxylic acids is 1. The Bertz CT molecular complexity index is 971. The highest BCUT2D eigenvalue weighted by Gasteiger charge is 2.15. The van der Waals surface area contributed by atoms with Crippen LogP contribution in [-0.2, 0) is 14.4 Å². The highest BCUT2D eigenvalue weighted by Crippen LogP contribution is 2.28. The van der Waals surface area contributed by atoms with Gasteiger partial charge in [-0.25, -0.2) is 15.1 Å². The van der Waals surface area contributed by atoms with E-state index in [4.69, 9.17) is 14.6 Å². The molecule has 0 amide bonds. The van der Waals surface area contributed by atoms with Gasteiger partial charge in [0.25, 0.3) is 0 Å². The number of rotatable bonds is 11. The van der Waals surface area contributed by atoms with Gasteiger partial charge in [0.1, 0.15) is 42.1 Å². The van der Waals surface area contributed by atoms with E-state index in [1.807, 2.05) is 0 Å². The molecular formula is C21H21NO9. The van der Waals surface area contributed by atoms with Crippen LogP contribution >= 0.6 is 0 Å². The number of anilines is 1. The summed E-state index contributed by atoms with van der Waals surface area (Å²) in [7, 11) is 0. The molecule has 0 saturated carbocycles. The monoisotopic (exact) mass is 431 g/mol. The van der Waals surface area contributed by atoms with Crippen LogP contribution in [0.25, 0.3) is 0 Å². The molecule has 0 aliphatic rings. The molecule has 164 valence electrons. The van der Waals surface area contributed by atoms with Gasteiger partial charge in [0.15, 0.2) is 5.78 Å². The minimum Gasteiger partial charge on any atom is -0.507 e. The number of hydrogen-bond acceptors (Lipinski definition) is 9. The van der Waals surface area contributed by atoms with Crippen LogP contribution in [0.5, 0.6) is 17.2 Å². The fourth-order valence-corrected chi connectivity index (χ4v) is 2.35. The first kappa shape index (κ1) is 23.2. The third-order valence-electron chi connectivity index (χ3n) is 3.70. The number of Topliss-reactive ketones (excluding diaryl/α,β-unsaturated/α-hetero) is 1. The summed E-state index contributed by atoms with van der Waals surface area (Å²) in [5, 5.41) is 28.3. The fraction of sp³-hybridized carbons (Fsp3) is 0.190. The quantitative estimate of drug-likeness (QED) is 0.236. The first-order valence-corrected chi connectivity index (χ1v) is 9.00. The number of ether oxygens (including phenoxy) is 2. The zero-order valence-corrected chi connectivity index (χ0v) is 16.5. The van der Waals surface area contributed by atoms with Gasteiger partial charge in [0, 0.05) is 18.2 Å². The molecule has 0 aliphatic carbocycles. The molecular weight excluding hydrogens is 410 g/mol. The summed E-state index contributed by atoms with van der Waals surface area (Å²) >= 11 is 0. The van der Waals surface area contributed by atoms with Gasteiger partial charge in [-0.15, -0.1) is 0 Å². The van der Waals surface area contributed by atoms with Crippen molar-refractivity contribution in [2.24, 2.45) is 0 Å². The molecule has 0 heterocycles. The summed E-state index contributed by atoms with van der Waals surface area (Å²) < 4.78 is 10.9. The van der Waals surface area contributed by atoms with E-state index in [1.54, 1.807) is 18.2 Å². The average molecular weight is 431 g/mol. The third-order valence-corrected chi connectivity index (χ3v) is 3.70. The van der Waals surface area contributed by atoms with Crippen molar-refractivity contribution in [1.82, 2.24) is 0 Å². The number of hydrogen-bond donors (Lipinski definition) is 4. The van der Waals surface area contributed by atoms with Crippen molar-refractivity contribution in [1.29, 1.82) is 0 Å². The Hall–Kier alpha value is -4.05. The minimum atomic E-state index is -1.28. The largest absolute Gasteiger partial charge is 0.507 e. The standard InChI is InChI=1S/C21H21NO9/c1-13(23)21-17(25)6-3-7-18(21)30-12-15(24)11-29-16-5-2-4-14(10-16)22-31-20(28)9-8-19(26)27/h2-10,15,22,24-25H,11-12H2,1H3,(H,26,27). The van der Waals surface area contributed by atoms with Crippen LogP contribution in [0, 0.1) is 0 Å². The minimum absolute atomic E-state index is 0.0298. The van der Waals surface area contributed by atoms with Crippen LogP contribution < -0.4 is 15.0 Å². The summed E-state index contributed by atoms with van der Waals surface area (Å²) in [5.41, 5.74) is 2.73. The predicted molar refractivity (Wildman–Crippen MR) is 108 cm³/mol. The molecule has 2 rings (SSSR count). The number of phenols is 1. The number of phenolic OH excluding ortho intramolecular Hbond substituents is 1. The highest BCUT2D eigenvalue weighted by atomic mass is 16.7. The van der Waals surface area contributed by atoms with Gasteiger partial charge in [0.05, 0.1) is 5.69 Å². The van der Waals surface area contributed by atoms with Crippen LogP contribution in [0.1, 0.15) is 17.3 Å². The number of aliphatic hydroxyl groups excluding tert-OH is 1. The molecule has 0 spiro atoms. The molecule has 1 unspecified atom stereocenters. The molecule has 2 aromatic rings. The fourth-order valence-electron chi connectivity index (χ4n) is 2.35. The van der Waals surface area contributed by atoms with Gasteiger partial charge in [-0.3, -0.25) is 4.79 Å². The molecule has 31 heavy (non-hydrogen) atoms. The van der Waals surface area contributed by atoms with Crippen molar-refractivity contribution >= 4 is 23.4 Å². The van der Waals surface area contributed by atoms with Crippen LogP contribution in [0.4, 0.5) is 5.69 Å². The smallest absolute Gasteiger partial charge is 0.355 e. The second-order valence-electron chi connectivity index (χ2n) is 6.20. The Labute approximate surface area is 177 Å². The maximum Gasteiger partial charge on any atom is 0.355 e. The molecule has 0 aromatic heterocycles. The van der Waals surface area contributed by atoms with Crippen LogP contribution in [0.3, 0.4) is 0 Å². The van der Waals surface area contributed by atoms with E-state index in [0.717, 1.165) is 6.08 Å². The lowest BCUT2D eigenvalue weighted by Crippen LogP contribution is -2.25. The van der Waals surface area contributed by atoms with E-state index in [2.05, 4.69) is 10.3 Å². The molecule has 0 fully saturated rings. The lowest BCUT2D eigenvalue weighted by molar-refractivity contribution is -0.136. The maximum absolute atomic E-state index is 11.6. The Kier molecular flexibility index (Phi) is 8.41. The number of carboxylic acid groups (broad SMARTS) is 1. The number of aliphatic carboxylic acids is 1. The molecule has 4 N–H and O–H groups in total. The summed E-state index contributed by atoms with van der Waals surface area (Å²) in [4.78, 5) is 38.0. The molecule has 0 saturated heterocycles. The van der Waals surface area contributed by atoms with Crippen LogP contribution in [0.2, 0.25) is 0 Å². The SMILES string of the molecule is CC(=O)c1c(O)cccc1OCC(O)COc1cccc(NOC(=O)C=CC(=O)O)c1. The summed E-state index contributed by atoms with van der Waals surface area (Å²) in [5.74, 6) is -2.27. The van der Waals surface area contributed by atoms with Gasteiger partial charge >= 0.3 is 11.9 Å². The number of carbonyl (C=O) groups is 3.